The number of rotatable bonds is 10. The van der Waals surface area contributed by atoms with Gasteiger partial charge in [0.05, 0.1) is 12.8 Å². The van der Waals surface area contributed by atoms with Crippen molar-refractivity contribution >= 4 is 29.7 Å². The largest absolute Gasteiger partial charge is 0.480 e. The molecule has 34 heavy (non-hydrogen) atoms. The first-order valence-electron chi connectivity index (χ1n) is 10.7. The third-order valence-electron chi connectivity index (χ3n) is 5.18. The SMILES string of the molecule is O=C(C[C@@H]1NC(=O)[C@H](Cc2ccccc2)NC1=O)N[C@@H](CC(=O)OCc1ccccc1)C(=O)O. The van der Waals surface area contributed by atoms with Crippen molar-refractivity contribution in [1.29, 1.82) is 0 Å². The van der Waals surface area contributed by atoms with Gasteiger partial charge in [-0.25, -0.2) is 4.79 Å². The first-order valence-corrected chi connectivity index (χ1v) is 10.7. The number of esters is 1. The van der Waals surface area contributed by atoms with Crippen LogP contribution in [0.5, 0.6) is 0 Å². The van der Waals surface area contributed by atoms with E-state index in [4.69, 9.17) is 4.74 Å². The van der Waals surface area contributed by atoms with Crippen LogP contribution in [0.1, 0.15) is 24.0 Å². The Labute approximate surface area is 195 Å². The summed E-state index contributed by atoms with van der Waals surface area (Å²) < 4.78 is 5.06. The molecule has 2 aromatic carbocycles. The molecule has 0 radical (unpaired) electrons. The molecule has 1 saturated heterocycles. The molecule has 0 spiro atoms. The van der Waals surface area contributed by atoms with E-state index in [0.29, 0.717) is 6.42 Å². The van der Waals surface area contributed by atoms with Crippen LogP contribution in [0.25, 0.3) is 0 Å². The van der Waals surface area contributed by atoms with Crippen LogP contribution in [-0.4, -0.2) is 52.9 Å². The number of hydrogen-bond donors (Lipinski definition) is 4. The van der Waals surface area contributed by atoms with Gasteiger partial charge in [-0.1, -0.05) is 60.7 Å². The molecule has 3 amide bonds. The normalized spacial score (nSPS) is 18.2. The molecule has 3 atom stereocenters. The summed E-state index contributed by atoms with van der Waals surface area (Å²) in [6.45, 7) is -0.0294. The van der Waals surface area contributed by atoms with Crippen LogP contribution >= 0.6 is 0 Å². The zero-order valence-electron chi connectivity index (χ0n) is 18.2. The van der Waals surface area contributed by atoms with Crippen molar-refractivity contribution in [1.82, 2.24) is 16.0 Å². The number of amides is 3. The number of benzene rings is 2. The number of aliphatic carboxylic acids is 1. The Hall–Kier alpha value is -4.21. The first-order chi connectivity index (χ1) is 16.3. The van der Waals surface area contributed by atoms with Gasteiger partial charge in [0, 0.05) is 6.42 Å². The lowest BCUT2D eigenvalue weighted by atomic mass is 10.0. The molecule has 0 bridgehead atoms. The van der Waals surface area contributed by atoms with Crippen LogP contribution in [0.2, 0.25) is 0 Å². The van der Waals surface area contributed by atoms with Crippen LogP contribution in [0.4, 0.5) is 0 Å². The number of carboxylic acid groups (broad SMARTS) is 1. The van der Waals surface area contributed by atoms with Crippen LogP contribution in [0.3, 0.4) is 0 Å². The lowest BCUT2D eigenvalue weighted by Gasteiger charge is -2.29. The van der Waals surface area contributed by atoms with E-state index in [1.165, 1.54) is 0 Å². The third-order valence-corrected chi connectivity index (χ3v) is 5.18. The molecule has 0 saturated carbocycles. The monoisotopic (exact) mass is 467 g/mol. The van der Waals surface area contributed by atoms with E-state index in [-0.39, 0.29) is 6.61 Å². The van der Waals surface area contributed by atoms with E-state index in [2.05, 4.69) is 16.0 Å². The summed E-state index contributed by atoms with van der Waals surface area (Å²) in [6.07, 6.45) is -0.766. The summed E-state index contributed by atoms with van der Waals surface area (Å²) in [5, 5.41) is 16.7. The molecule has 10 heteroatoms. The quantitative estimate of drug-likeness (QED) is 0.367. The number of carbonyl (C=O) groups excluding carboxylic acids is 4. The topological polar surface area (TPSA) is 151 Å². The van der Waals surface area contributed by atoms with Crippen molar-refractivity contribution in [3.8, 4) is 0 Å². The van der Waals surface area contributed by atoms with Gasteiger partial charge in [-0.15, -0.1) is 0 Å². The Balaban J connectivity index is 1.48. The predicted molar refractivity (Wildman–Crippen MR) is 119 cm³/mol. The highest BCUT2D eigenvalue weighted by molar-refractivity contribution is 5.99. The van der Waals surface area contributed by atoms with Gasteiger partial charge >= 0.3 is 11.9 Å². The van der Waals surface area contributed by atoms with Crippen molar-refractivity contribution in [2.75, 3.05) is 0 Å². The average Bonchev–Trinajstić information content (AvgIpc) is 2.82. The zero-order valence-corrected chi connectivity index (χ0v) is 18.2. The lowest BCUT2D eigenvalue weighted by Crippen LogP contribution is -2.63. The zero-order chi connectivity index (χ0) is 24.5. The second-order valence-electron chi connectivity index (χ2n) is 7.82. The summed E-state index contributed by atoms with van der Waals surface area (Å²) >= 11 is 0. The molecule has 1 heterocycles. The molecule has 1 aliphatic heterocycles. The number of nitrogens with one attached hydrogen (secondary N) is 3. The molecule has 0 aromatic heterocycles. The molecule has 10 nitrogen and oxygen atoms in total. The molecular formula is C24H25N3O7. The summed E-state index contributed by atoms with van der Waals surface area (Å²) in [4.78, 5) is 60.7. The maximum atomic E-state index is 12.4. The minimum Gasteiger partial charge on any atom is -0.480 e. The van der Waals surface area contributed by atoms with Crippen molar-refractivity contribution in [3.63, 3.8) is 0 Å². The lowest BCUT2D eigenvalue weighted by molar-refractivity contribution is -0.151. The minimum atomic E-state index is -1.54. The number of piperazine rings is 1. The van der Waals surface area contributed by atoms with E-state index < -0.39 is 60.6 Å². The maximum absolute atomic E-state index is 12.4. The number of carbonyl (C=O) groups is 5. The summed E-state index contributed by atoms with van der Waals surface area (Å²) in [6, 6.07) is 14.5. The maximum Gasteiger partial charge on any atom is 0.326 e. The average molecular weight is 467 g/mol. The molecule has 1 aliphatic rings. The highest BCUT2D eigenvalue weighted by atomic mass is 16.5. The molecular weight excluding hydrogens is 442 g/mol. The molecule has 4 N–H and O–H groups in total. The molecule has 0 unspecified atom stereocenters. The Morgan fingerprint density at radius 2 is 1.44 bits per heavy atom. The van der Waals surface area contributed by atoms with E-state index >= 15 is 0 Å². The third kappa shape index (κ3) is 7.16. The smallest absolute Gasteiger partial charge is 0.326 e. The summed E-state index contributed by atoms with van der Waals surface area (Å²) in [5.74, 6) is -4.02. The van der Waals surface area contributed by atoms with E-state index in [0.717, 1.165) is 11.1 Å². The molecule has 178 valence electrons. The number of ether oxygens (including phenoxy) is 1. The van der Waals surface area contributed by atoms with Crippen molar-refractivity contribution in [2.24, 2.45) is 0 Å². The number of carboxylic acids is 1. The fraction of sp³-hybridized carbons (Fsp3) is 0.292. The molecule has 0 aliphatic carbocycles. The van der Waals surface area contributed by atoms with Crippen molar-refractivity contribution in [3.05, 3.63) is 71.8 Å². The Bertz CT molecular complexity index is 1040. The minimum absolute atomic E-state index is 0.0294. The van der Waals surface area contributed by atoms with Gasteiger partial charge in [-0.2, -0.15) is 0 Å². The Morgan fingerprint density at radius 1 is 0.882 bits per heavy atom. The molecule has 3 rings (SSSR count). The van der Waals surface area contributed by atoms with Crippen molar-refractivity contribution < 1.29 is 33.8 Å². The molecule has 2 aromatic rings. The second kappa shape index (κ2) is 11.6. The Kier molecular flexibility index (Phi) is 8.33. The Morgan fingerprint density at radius 3 is 2.06 bits per heavy atom. The fourth-order valence-electron chi connectivity index (χ4n) is 3.42. The summed E-state index contributed by atoms with van der Waals surface area (Å²) in [5.41, 5.74) is 1.60. The fourth-order valence-corrected chi connectivity index (χ4v) is 3.42. The van der Waals surface area contributed by atoms with E-state index in [1.54, 1.807) is 30.3 Å². The van der Waals surface area contributed by atoms with Gasteiger partial charge in [0.25, 0.3) is 0 Å². The number of hydrogen-bond acceptors (Lipinski definition) is 6. The molecule has 1 fully saturated rings. The van der Waals surface area contributed by atoms with E-state index in [1.807, 2.05) is 30.3 Å². The summed E-state index contributed by atoms with van der Waals surface area (Å²) in [7, 11) is 0. The van der Waals surface area contributed by atoms with Gasteiger partial charge in [-0.3, -0.25) is 19.2 Å². The van der Waals surface area contributed by atoms with Gasteiger partial charge in [0.15, 0.2) is 0 Å². The van der Waals surface area contributed by atoms with Crippen LogP contribution in [-0.2, 0) is 41.7 Å². The highest BCUT2D eigenvalue weighted by Gasteiger charge is 2.35. The van der Waals surface area contributed by atoms with Gasteiger partial charge < -0.3 is 25.8 Å². The van der Waals surface area contributed by atoms with E-state index in [9.17, 15) is 29.1 Å². The predicted octanol–water partition coefficient (Wildman–Crippen LogP) is 0.305. The van der Waals surface area contributed by atoms with Crippen molar-refractivity contribution in [2.45, 2.75) is 44.0 Å². The standard InChI is InChI=1S/C24H25N3O7/c28-20(25-19(24(32)33)13-21(29)34-14-16-9-5-2-6-10-16)12-18-23(31)26-17(22(30)27-18)11-15-7-3-1-4-8-15/h1-10,17-19H,11-14H2,(H,25,28)(H,26,31)(H,27,30)(H,32,33)/t17-,18-,19-/m0/s1. The second-order valence-corrected chi connectivity index (χ2v) is 7.82. The van der Waals surface area contributed by atoms with Crippen LogP contribution < -0.4 is 16.0 Å². The highest BCUT2D eigenvalue weighted by Crippen LogP contribution is 2.09. The van der Waals surface area contributed by atoms with Gasteiger partial charge in [0.1, 0.15) is 24.7 Å². The van der Waals surface area contributed by atoms with Crippen LogP contribution in [0, 0.1) is 0 Å². The van der Waals surface area contributed by atoms with Gasteiger partial charge in [-0.05, 0) is 11.1 Å². The first kappa shape index (κ1) is 24.4. The van der Waals surface area contributed by atoms with Gasteiger partial charge in [0.2, 0.25) is 17.7 Å². The van der Waals surface area contributed by atoms with Crippen LogP contribution in [0.15, 0.2) is 60.7 Å².